The minimum atomic E-state index is -0.532. The van der Waals surface area contributed by atoms with E-state index >= 15 is 0 Å². The summed E-state index contributed by atoms with van der Waals surface area (Å²) in [7, 11) is 0. The minimum Gasteiger partial charge on any atom is -0.383 e. The zero-order valence-corrected chi connectivity index (χ0v) is 10.6. The van der Waals surface area contributed by atoms with Crippen molar-refractivity contribution in [3.8, 4) is 0 Å². The Labute approximate surface area is 109 Å². The first-order valence-electron chi connectivity index (χ1n) is 5.13. The minimum absolute atomic E-state index is 0.118. The maximum Gasteiger partial charge on any atom is 0.272 e. The number of non-ortho nitro benzene ring substituents is 1. The molecule has 1 aromatic carbocycles. The molecule has 3 N–H and O–H groups in total. The molecule has 0 unspecified atom stereocenters. The molecule has 7 heteroatoms. The lowest BCUT2D eigenvalue weighted by Crippen LogP contribution is -2.06. The molecular weight excluding hydrogens is 265 g/mol. The van der Waals surface area contributed by atoms with Crippen molar-refractivity contribution < 1.29 is 4.92 Å². The number of nitro groups is 1. The molecule has 0 aliphatic rings. The van der Waals surface area contributed by atoms with E-state index in [9.17, 15) is 10.1 Å². The van der Waals surface area contributed by atoms with Gasteiger partial charge in [0.2, 0.25) is 0 Å². The molecule has 0 radical (unpaired) electrons. The predicted octanol–water partition coefficient (Wildman–Crippen LogP) is 3.05. The number of hydrogen-bond acceptors (Lipinski definition) is 4. The Balaban J connectivity index is 2.76. The van der Waals surface area contributed by atoms with E-state index in [0.29, 0.717) is 18.8 Å². The number of unbranched alkanes of at least 4 members (excludes halogenated alkanes) is 1. The number of halogens is 2. The Morgan fingerprint density at radius 1 is 1.29 bits per heavy atom. The Kier molecular flexibility index (Phi) is 5.47. The van der Waals surface area contributed by atoms with Crippen molar-refractivity contribution in [1.82, 2.24) is 0 Å². The first kappa shape index (κ1) is 14.0. The molecule has 1 rings (SSSR count). The van der Waals surface area contributed by atoms with Gasteiger partial charge in [0.1, 0.15) is 0 Å². The highest BCUT2D eigenvalue weighted by molar-refractivity contribution is 6.39. The Hall–Kier alpha value is -1.04. The lowest BCUT2D eigenvalue weighted by molar-refractivity contribution is -0.384. The number of hydrogen-bond donors (Lipinski definition) is 2. The van der Waals surface area contributed by atoms with Crippen molar-refractivity contribution in [2.45, 2.75) is 12.8 Å². The number of nitro benzene ring substituents is 1. The predicted molar refractivity (Wildman–Crippen MR) is 69.9 cm³/mol. The maximum absolute atomic E-state index is 10.6. The molecule has 0 atom stereocenters. The average Bonchev–Trinajstić information content (AvgIpc) is 2.26. The van der Waals surface area contributed by atoms with Gasteiger partial charge in [-0.2, -0.15) is 0 Å². The fourth-order valence-corrected chi connectivity index (χ4v) is 1.93. The highest BCUT2D eigenvalue weighted by atomic mass is 35.5. The largest absolute Gasteiger partial charge is 0.383 e. The lowest BCUT2D eigenvalue weighted by atomic mass is 10.2. The molecule has 0 fully saturated rings. The standard InChI is InChI=1S/C10H13Cl2N3O2/c11-8-5-7(15(16)17)6-9(12)10(8)14-4-2-1-3-13/h5-6,14H,1-4,13H2. The molecule has 0 heterocycles. The number of benzene rings is 1. The van der Waals surface area contributed by atoms with Crippen LogP contribution in [0.1, 0.15) is 12.8 Å². The van der Waals surface area contributed by atoms with Crippen molar-refractivity contribution in [2.24, 2.45) is 5.73 Å². The van der Waals surface area contributed by atoms with Crippen LogP contribution in [-0.4, -0.2) is 18.0 Å². The van der Waals surface area contributed by atoms with E-state index < -0.39 is 4.92 Å². The van der Waals surface area contributed by atoms with Gasteiger partial charge >= 0.3 is 0 Å². The fourth-order valence-electron chi connectivity index (χ4n) is 1.32. The molecule has 0 aliphatic carbocycles. The number of nitrogens with two attached hydrogens (primary N) is 1. The van der Waals surface area contributed by atoms with E-state index in [-0.39, 0.29) is 15.7 Å². The van der Waals surface area contributed by atoms with Gasteiger partial charge in [-0.1, -0.05) is 23.2 Å². The summed E-state index contributed by atoms with van der Waals surface area (Å²) >= 11 is 11.8. The molecule has 5 nitrogen and oxygen atoms in total. The van der Waals surface area contributed by atoms with E-state index in [1.165, 1.54) is 12.1 Å². The van der Waals surface area contributed by atoms with Crippen LogP contribution >= 0.6 is 23.2 Å². The molecule has 17 heavy (non-hydrogen) atoms. The van der Waals surface area contributed by atoms with Crippen LogP contribution in [0, 0.1) is 10.1 Å². The summed E-state index contributed by atoms with van der Waals surface area (Å²) in [6.45, 7) is 1.30. The van der Waals surface area contributed by atoms with Gasteiger partial charge in [0.15, 0.2) is 0 Å². The second-order valence-corrected chi connectivity index (χ2v) is 4.28. The van der Waals surface area contributed by atoms with Gasteiger partial charge in [-0.25, -0.2) is 0 Å². The molecular formula is C10H13Cl2N3O2. The molecule has 0 bridgehead atoms. The van der Waals surface area contributed by atoms with E-state index in [1.54, 1.807) is 0 Å². The topological polar surface area (TPSA) is 81.2 Å². The van der Waals surface area contributed by atoms with Crippen LogP contribution in [0.3, 0.4) is 0 Å². The molecule has 0 saturated carbocycles. The lowest BCUT2D eigenvalue weighted by Gasteiger charge is -2.09. The second kappa shape index (κ2) is 6.64. The summed E-state index contributed by atoms with van der Waals surface area (Å²) in [6, 6.07) is 2.55. The van der Waals surface area contributed by atoms with Crippen LogP contribution in [0.15, 0.2) is 12.1 Å². The van der Waals surface area contributed by atoms with Gasteiger partial charge < -0.3 is 11.1 Å². The third kappa shape index (κ3) is 4.03. The Morgan fingerprint density at radius 2 is 1.88 bits per heavy atom. The molecule has 0 amide bonds. The van der Waals surface area contributed by atoms with Crippen molar-refractivity contribution in [2.75, 3.05) is 18.4 Å². The highest BCUT2D eigenvalue weighted by Crippen LogP contribution is 2.34. The smallest absolute Gasteiger partial charge is 0.272 e. The number of rotatable bonds is 6. The molecule has 94 valence electrons. The number of nitrogens with one attached hydrogen (secondary N) is 1. The normalized spacial score (nSPS) is 10.3. The summed E-state index contributed by atoms with van der Waals surface area (Å²) in [5, 5.41) is 14.1. The van der Waals surface area contributed by atoms with Crippen molar-refractivity contribution >= 4 is 34.6 Å². The van der Waals surface area contributed by atoms with E-state index in [0.717, 1.165) is 12.8 Å². The Morgan fingerprint density at radius 3 is 2.35 bits per heavy atom. The summed E-state index contributed by atoms with van der Waals surface area (Å²) in [5.74, 6) is 0. The van der Waals surface area contributed by atoms with Gasteiger partial charge in [0, 0.05) is 18.7 Å². The quantitative estimate of drug-likeness (QED) is 0.476. The third-order valence-electron chi connectivity index (χ3n) is 2.17. The summed E-state index contributed by atoms with van der Waals surface area (Å²) < 4.78 is 0. The number of nitrogens with zero attached hydrogens (tertiary/aromatic N) is 1. The fraction of sp³-hybridized carbons (Fsp3) is 0.400. The maximum atomic E-state index is 10.6. The van der Waals surface area contributed by atoms with Gasteiger partial charge in [-0.05, 0) is 19.4 Å². The van der Waals surface area contributed by atoms with Crippen LogP contribution in [0.2, 0.25) is 10.0 Å². The average molecular weight is 278 g/mol. The molecule has 0 aliphatic heterocycles. The van der Waals surface area contributed by atoms with E-state index in [1.807, 2.05) is 0 Å². The second-order valence-electron chi connectivity index (χ2n) is 3.46. The van der Waals surface area contributed by atoms with Crippen LogP contribution in [0.25, 0.3) is 0 Å². The van der Waals surface area contributed by atoms with Gasteiger partial charge in [0.05, 0.1) is 20.7 Å². The summed E-state index contributed by atoms with van der Waals surface area (Å²) in [4.78, 5) is 10.0. The molecule has 0 spiro atoms. The van der Waals surface area contributed by atoms with Gasteiger partial charge in [0.25, 0.3) is 5.69 Å². The van der Waals surface area contributed by atoms with Gasteiger partial charge in [-0.3, -0.25) is 10.1 Å². The van der Waals surface area contributed by atoms with E-state index in [4.69, 9.17) is 28.9 Å². The first-order chi connectivity index (χ1) is 8.06. The van der Waals surface area contributed by atoms with E-state index in [2.05, 4.69) is 5.32 Å². The summed E-state index contributed by atoms with van der Waals surface area (Å²) in [6.07, 6.45) is 1.79. The van der Waals surface area contributed by atoms with Crippen molar-refractivity contribution in [3.63, 3.8) is 0 Å². The van der Waals surface area contributed by atoms with Crippen molar-refractivity contribution in [3.05, 3.63) is 32.3 Å². The van der Waals surface area contributed by atoms with Crippen molar-refractivity contribution in [1.29, 1.82) is 0 Å². The first-order valence-corrected chi connectivity index (χ1v) is 5.89. The monoisotopic (exact) mass is 277 g/mol. The zero-order valence-electron chi connectivity index (χ0n) is 9.08. The molecule has 0 saturated heterocycles. The SMILES string of the molecule is NCCCCNc1c(Cl)cc([N+](=O)[O-])cc1Cl. The van der Waals surface area contributed by atoms with Crippen LogP contribution in [-0.2, 0) is 0 Å². The number of anilines is 1. The molecule has 1 aromatic rings. The summed E-state index contributed by atoms with van der Waals surface area (Å²) in [5.41, 5.74) is 5.77. The van der Waals surface area contributed by atoms with Crippen LogP contribution in [0.5, 0.6) is 0 Å². The third-order valence-corrected chi connectivity index (χ3v) is 2.77. The van der Waals surface area contributed by atoms with Crippen LogP contribution < -0.4 is 11.1 Å². The zero-order chi connectivity index (χ0) is 12.8. The molecule has 0 aromatic heterocycles. The highest BCUT2D eigenvalue weighted by Gasteiger charge is 2.13. The van der Waals surface area contributed by atoms with Gasteiger partial charge in [-0.15, -0.1) is 0 Å². The van der Waals surface area contributed by atoms with Crippen LogP contribution in [0.4, 0.5) is 11.4 Å². The Bertz CT molecular complexity index is 390.